The number of sulfonamides is 1. The van der Waals surface area contributed by atoms with Gasteiger partial charge in [0.05, 0.1) is 9.82 Å². The normalized spacial score (nSPS) is 12.5. The summed E-state index contributed by atoms with van der Waals surface area (Å²) >= 11 is 0. The van der Waals surface area contributed by atoms with E-state index in [1.807, 2.05) is 13.8 Å². The zero-order chi connectivity index (χ0) is 17.1. The third kappa shape index (κ3) is 5.27. The van der Waals surface area contributed by atoms with E-state index in [2.05, 4.69) is 10.0 Å². The third-order valence-electron chi connectivity index (χ3n) is 2.62. The zero-order valence-corrected chi connectivity index (χ0v) is 14.3. The first-order chi connectivity index (χ1) is 9.92. The quantitative estimate of drug-likeness (QED) is 0.617. The van der Waals surface area contributed by atoms with Crippen molar-refractivity contribution in [2.24, 2.45) is 5.92 Å². The van der Waals surface area contributed by atoms with E-state index in [0.717, 1.165) is 6.07 Å². The summed E-state index contributed by atoms with van der Waals surface area (Å²) in [6.07, 6.45) is 0. The third-order valence-corrected chi connectivity index (χ3v) is 4.37. The summed E-state index contributed by atoms with van der Waals surface area (Å²) in [7, 11) is -3.80. The minimum absolute atomic E-state index is 0.121. The Balaban J connectivity index is 3.20. The van der Waals surface area contributed by atoms with Gasteiger partial charge in [-0.2, -0.15) is 0 Å². The van der Waals surface area contributed by atoms with Crippen LogP contribution >= 0.6 is 0 Å². The summed E-state index contributed by atoms with van der Waals surface area (Å²) in [5.74, 6) is 0.311. The molecule has 0 amide bonds. The molecular weight excluding hydrogens is 306 g/mol. The van der Waals surface area contributed by atoms with Gasteiger partial charge in [0.15, 0.2) is 0 Å². The maximum atomic E-state index is 12.2. The van der Waals surface area contributed by atoms with Crippen molar-refractivity contribution in [1.82, 2.24) is 4.72 Å². The van der Waals surface area contributed by atoms with Gasteiger partial charge < -0.3 is 5.32 Å². The van der Waals surface area contributed by atoms with E-state index in [-0.39, 0.29) is 10.6 Å². The summed E-state index contributed by atoms with van der Waals surface area (Å²) in [6.45, 7) is 9.63. The molecule has 0 radical (unpaired) electrons. The van der Waals surface area contributed by atoms with Crippen LogP contribution in [0.25, 0.3) is 0 Å². The van der Waals surface area contributed by atoms with Gasteiger partial charge in [-0.15, -0.1) is 0 Å². The molecule has 0 aromatic heterocycles. The van der Waals surface area contributed by atoms with Gasteiger partial charge >= 0.3 is 0 Å². The average molecular weight is 329 g/mol. The van der Waals surface area contributed by atoms with Crippen molar-refractivity contribution in [3.63, 3.8) is 0 Å². The van der Waals surface area contributed by atoms with Crippen molar-refractivity contribution in [1.29, 1.82) is 0 Å². The van der Waals surface area contributed by atoms with Gasteiger partial charge in [0.2, 0.25) is 10.0 Å². The second kappa shape index (κ2) is 6.62. The van der Waals surface area contributed by atoms with Gasteiger partial charge in [-0.3, -0.25) is 10.1 Å². The molecule has 0 saturated carbocycles. The average Bonchev–Trinajstić information content (AvgIpc) is 2.32. The Morgan fingerprint density at radius 1 is 1.27 bits per heavy atom. The molecule has 124 valence electrons. The van der Waals surface area contributed by atoms with Crippen LogP contribution in [0.15, 0.2) is 23.1 Å². The second-order valence-electron chi connectivity index (χ2n) is 6.57. The topological polar surface area (TPSA) is 101 Å². The molecule has 2 N–H and O–H groups in total. The Hall–Kier alpha value is -1.67. The van der Waals surface area contributed by atoms with Crippen molar-refractivity contribution >= 4 is 21.4 Å². The smallest absolute Gasteiger partial charge is 0.293 e. The molecule has 0 bridgehead atoms. The molecule has 1 aromatic rings. The Kier molecular flexibility index (Phi) is 5.53. The Bertz CT molecular complexity index is 649. The molecule has 0 aliphatic heterocycles. The minimum Gasteiger partial charge on any atom is -0.379 e. The molecule has 0 saturated heterocycles. The fourth-order valence-electron chi connectivity index (χ4n) is 1.76. The highest BCUT2D eigenvalue weighted by Gasteiger charge is 2.25. The maximum Gasteiger partial charge on any atom is 0.293 e. The number of rotatable bonds is 6. The van der Waals surface area contributed by atoms with Crippen LogP contribution in [0.4, 0.5) is 11.4 Å². The van der Waals surface area contributed by atoms with Gasteiger partial charge in [0.1, 0.15) is 5.69 Å². The van der Waals surface area contributed by atoms with E-state index < -0.39 is 20.5 Å². The van der Waals surface area contributed by atoms with E-state index in [9.17, 15) is 18.5 Å². The van der Waals surface area contributed by atoms with Crippen LogP contribution in [0, 0.1) is 16.0 Å². The van der Waals surface area contributed by atoms with E-state index >= 15 is 0 Å². The molecule has 0 unspecified atom stereocenters. The molecule has 0 fully saturated rings. The fourth-order valence-corrected chi connectivity index (χ4v) is 3.19. The van der Waals surface area contributed by atoms with Gasteiger partial charge in [0.25, 0.3) is 5.69 Å². The van der Waals surface area contributed by atoms with Crippen molar-refractivity contribution < 1.29 is 13.3 Å². The predicted octanol–water partition coefficient (Wildman–Crippen LogP) is 2.74. The van der Waals surface area contributed by atoms with E-state index in [4.69, 9.17) is 0 Å². The number of nitrogens with zero attached hydrogens (tertiary/aromatic N) is 1. The predicted molar refractivity (Wildman–Crippen MR) is 86.5 cm³/mol. The number of benzene rings is 1. The van der Waals surface area contributed by atoms with Crippen LogP contribution in [0.2, 0.25) is 0 Å². The highest BCUT2D eigenvalue weighted by Crippen LogP contribution is 2.28. The largest absolute Gasteiger partial charge is 0.379 e. The fraction of sp³-hybridized carbons (Fsp3) is 0.571. The number of nitro benzene ring substituents is 1. The standard InChI is InChI=1S/C14H23N3O4S/c1-10(2)9-15-12-7-6-11(8-13(12)17(18)19)22(20,21)16-14(3,4)5/h6-8,10,15-16H,9H2,1-5H3. The van der Waals surface area contributed by atoms with Crippen LogP contribution in [0.3, 0.4) is 0 Å². The number of anilines is 1. The van der Waals surface area contributed by atoms with Crippen molar-refractivity contribution in [3.8, 4) is 0 Å². The van der Waals surface area contributed by atoms with Crippen LogP contribution < -0.4 is 10.0 Å². The molecule has 0 spiro atoms. The van der Waals surface area contributed by atoms with Crippen LogP contribution in [-0.4, -0.2) is 25.4 Å². The molecular formula is C14H23N3O4S. The summed E-state index contributed by atoms with van der Waals surface area (Å²) in [4.78, 5) is 10.5. The number of hydrogen-bond donors (Lipinski definition) is 2. The number of nitrogens with one attached hydrogen (secondary N) is 2. The lowest BCUT2D eigenvalue weighted by Crippen LogP contribution is -2.40. The highest BCUT2D eigenvalue weighted by atomic mass is 32.2. The first-order valence-electron chi connectivity index (χ1n) is 6.98. The van der Waals surface area contributed by atoms with Crippen molar-refractivity contribution in [2.45, 2.75) is 45.1 Å². The summed E-state index contributed by atoms with van der Waals surface area (Å²) in [6, 6.07) is 3.87. The molecule has 22 heavy (non-hydrogen) atoms. The van der Waals surface area contributed by atoms with Crippen molar-refractivity contribution in [2.75, 3.05) is 11.9 Å². The lowest BCUT2D eigenvalue weighted by Gasteiger charge is -2.20. The molecule has 0 atom stereocenters. The molecule has 7 nitrogen and oxygen atoms in total. The monoisotopic (exact) mass is 329 g/mol. The van der Waals surface area contributed by atoms with Gasteiger partial charge in [-0.25, -0.2) is 13.1 Å². The van der Waals surface area contributed by atoms with E-state index in [1.165, 1.54) is 12.1 Å². The Morgan fingerprint density at radius 3 is 2.32 bits per heavy atom. The molecule has 0 aliphatic rings. The van der Waals surface area contributed by atoms with Gasteiger partial charge in [-0.05, 0) is 38.8 Å². The van der Waals surface area contributed by atoms with E-state index in [1.54, 1.807) is 20.8 Å². The van der Waals surface area contributed by atoms with Crippen molar-refractivity contribution in [3.05, 3.63) is 28.3 Å². The maximum absolute atomic E-state index is 12.2. The van der Waals surface area contributed by atoms with Crippen LogP contribution in [-0.2, 0) is 10.0 Å². The van der Waals surface area contributed by atoms with Crippen LogP contribution in [0.1, 0.15) is 34.6 Å². The lowest BCUT2D eigenvalue weighted by atomic mass is 10.1. The zero-order valence-electron chi connectivity index (χ0n) is 13.5. The van der Waals surface area contributed by atoms with Crippen LogP contribution in [0.5, 0.6) is 0 Å². The first kappa shape index (κ1) is 18.4. The van der Waals surface area contributed by atoms with Gasteiger partial charge in [0, 0.05) is 18.2 Å². The Labute approximate surface area is 131 Å². The Morgan fingerprint density at radius 2 is 1.86 bits per heavy atom. The second-order valence-corrected chi connectivity index (χ2v) is 8.25. The number of hydrogen-bond acceptors (Lipinski definition) is 5. The molecule has 0 aliphatic carbocycles. The first-order valence-corrected chi connectivity index (χ1v) is 8.47. The molecule has 0 heterocycles. The van der Waals surface area contributed by atoms with Gasteiger partial charge in [-0.1, -0.05) is 13.8 Å². The molecule has 1 rings (SSSR count). The number of nitro groups is 1. The summed E-state index contributed by atoms with van der Waals surface area (Å²) in [5.41, 5.74) is -0.604. The molecule has 1 aromatic carbocycles. The SMILES string of the molecule is CC(C)CNc1ccc(S(=O)(=O)NC(C)(C)C)cc1[N+](=O)[O-]. The van der Waals surface area contributed by atoms with E-state index in [0.29, 0.717) is 18.2 Å². The summed E-state index contributed by atoms with van der Waals surface area (Å²) < 4.78 is 27.0. The lowest BCUT2D eigenvalue weighted by molar-refractivity contribution is -0.384. The molecule has 8 heteroatoms. The highest BCUT2D eigenvalue weighted by molar-refractivity contribution is 7.89. The summed E-state index contributed by atoms with van der Waals surface area (Å²) in [5, 5.41) is 14.1. The minimum atomic E-state index is -3.80.